The average Bonchev–Trinajstić information content (AvgIpc) is 2.37. The number of aliphatic hydroxyl groups excluding tert-OH is 1. The van der Waals surface area contributed by atoms with E-state index in [1.807, 2.05) is 13.8 Å². The fourth-order valence-corrected chi connectivity index (χ4v) is 1.81. The van der Waals surface area contributed by atoms with Gasteiger partial charge in [0.1, 0.15) is 11.4 Å². The van der Waals surface area contributed by atoms with Gasteiger partial charge in [-0.15, -0.1) is 0 Å². The number of carbonyl (C=O) groups excluding carboxylic acids is 1. The number of rotatable bonds is 7. The van der Waals surface area contributed by atoms with Crippen LogP contribution in [0.3, 0.4) is 0 Å². The number of carbonyl (C=O) groups is 1. The van der Waals surface area contributed by atoms with Gasteiger partial charge in [0.25, 0.3) is 5.91 Å². The molecule has 1 unspecified atom stereocenters. The molecule has 2 N–H and O–H groups in total. The normalized spacial score (nSPS) is 12.0. The zero-order chi connectivity index (χ0) is 14.3. The SMILES string of the molecule is CCCC(C)NC(=O)COc1ccc(C)nc1CO. The molecule has 0 aromatic carbocycles. The first-order valence-electron chi connectivity index (χ1n) is 6.56. The molecule has 0 saturated carbocycles. The number of pyridine rings is 1. The van der Waals surface area contributed by atoms with Gasteiger partial charge in [0.15, 0.2) is 6.61 Å². The largest absolute Gasteiger partial charge is 0.482 e. The van der Waals surface area contributed by atoms with Gasteiger partial charge in [-0.1, -0.05) is 13.3 Å². The summed E-state index contributed by atoms with van der Waals surface area (Å²) in [5, 5.41) is 12.0. The summed E-state index contributed by atoms with van der Waals surface area (Å²) in [4.78, 5) is 15.8. The first-order valence-corrected chi connectivity index (χ1v) is 6.56. The van der Waals surface area contributed by atoms with Crippen molar-refractivity contribution in [3.63, 3.8) is 0 Å². The summed E-state index contributed by atoms with van der Waals surface area (Å²) < 4.78 is 5.39. The Balaban J connectivity index is 2.50. The minimum atomic E-state index is -0.204. The highest BCUT2D eigenvalue weighted by Crippen LogP contribution is 2.16. The van der Waals surface area contributed by atoms with Crippen LogP contribution in [0.2, 0.25) is 0 Å². The summed E-state index contributed by atoms with van der Waals surface area (Å²) in [7, 11) is 0. The maximum absolute atomic E-state index is 11.6. The van der Waals surface area contributed by atoms with E-state index in [2.05, 4.69) is 17.2 Å². The second-order valence-electron chi connectivity index (χ2n) is 4.60. The summed E-state index contributed by atoms with van der Waals surface area (Å²) in [6, 6.07) is 3.65. The molecule has 5 nitrogen and oxygen atoms in total. The Labute approximate surface area is 114 Å². The molecule has 0 bridgehead atoms. The van der Waals surface area contributed by atoms with Crippen molar-refractivity contribution < 1.29 is 14.6 Å². The van der Waals surface area contributed by atoms with Crippen LogP contribution in [0.15, 0.2) is 12.1 Å². The fourth-order valence-electron chi connectivity index (χ4n) is 1.81. The topological polar surface area (TPSA) is 71.5 Å². The van der Waals surface area contributed by atoms with Crippen molar-refractivity contribution in [2.75, 3.05) is 6.61 Å². The quantitative estimate of drug-likeness (QED) is 0.785. The molecule has 0 fully saturated rings. The highest BCUT2D eigenvalue weighted by molar-refractivity contribution is 5.77. The number of hydrogen-bond donors (Lipinski definition) is 2. The van der Waals surface area contributed by atoms with Gasteiger partial charge >= 0.3 is 0 Å². The number of aliphatic hydroxyl groups is 1. The second-order valence-corrected chi connectivity index (χ2v) is 4.60. The summed E-state index contributed by atoms with van der Waals surface area (Å²) in [5.74, 6) is 0.289. The number of nitrogens with zero attached hydrogens (tertiary/aromatic N) is 1. The Morgan fingerprint density at radius 2 is 2.26 bits per heavy atom. The lowest BCUT2D eigenvalue weighted by Gasteiger charge is -2.14. The first kappa shape index (κ1) is 15.4. The minimum Gasteiger partial charge on any atom is -0.482 e. The third kappa shape index (κ3) is 5.26. The third-order valence-electron chi connectivity index (χ3n) is 2.71. The van der Waals surface area contributed by atoms with Gasteiger partial charge in [-0.3, -0.25) is 9.78 Å². The van der Waals surface area contributed by atoms with E-state index in [-0.39, 0.29) is 25.2 Å². The van der Waals surface area contributed by atoms with Crippen molar-refractivity contribution in [2.24, 2.45) is 0 Å². The molecular weight excluding hydrogens is 244 g/mol. The Kier molecular flexibility index (Phi) is 6.29. The van der Waals surface area contributed by atoms with Gasteiger partial charge in [-0.25, -0.2) is 0 Å². The van der Waals surface area contributed by atoms with E-state index in [1.165, 1.54) is 0 Å². The van der Waals surface area contributed by atoms with Gasteiger partial charge in [-0.05, 0) is 32.4 Å². The lowest BCUT2D eigenvalue weighted by atomic mass is 10.2. The molecule has 0 aliphatic heterocycles. The van der Waals surface area contributed by atoms with Gasteiger partial charge in [0.05, 0.1) is 6.61 Å². The van der Waals surface area contributed by atoms with Crippen molar-refractivity contribution in [3.05, 3.63) is 23.5 Å². The number of amides is 1. The van der Waals surface area contributed by atoms with E-state index >= 15 is 0 Å². The van der Waals surface area contributed by atoms with Crippen LogP contribution in [0, 0.1) is 6.92 Å². The first-order chi connectivity index (χ1) is 9.06. The monoisotopic (exact) mass is 266 g/mol. The van der Waals surface area contributed by atoms with Crippen LogP contribution in [-0.2, 0) is 11.4 Å². The average molecular weight is 266 g/mol. The van der Waals surface area contributed by atoms with Gasteiger partial charge in [-0.2, -0.15) is 0 Å². The fraction of sp³-hybridized carbons (Fsp3) is 0.571. The molecule has 0 saturated heterocycles. The summed E-state index contributed by atoms with van der Waals surface area (Å²) in [5.41, 5.74) is 1.26. The molecule has 1 heterocycles. The molecule has 1 amide bonds. The van der Waals surface area contributed by atoms with Gasteiger partial charge < -0.3 is 15.2 Å². The molecular formula is C14H22N2O3. The van der Waals surface area contributed by atoms with Gasteiger partial charge in [0.2, 0.25) is 0 Å². The summed E-state index contributed by atoms with van der Waals surface area (Å²) in [6.45, 7) is 5.61. The van der Waals surface area contributed by atoms with Crippen LogP contribution in [-0.4, -0.2) is 28.6 Å². The van der Waals surface area contributed by atoms with Crippen molar-refractivity contribution >= 4 is 5.91 Å². The smallest absolute Gasteiger partial charge is 0.258 e. The maximum Gasteiger partial charge on any atom is 0.258 e. The van der Waals surface area contributed by atoms with Crippen molar-refractivity contribution in [1.29, 1.82) is 0 Å². The Morgan fingerprint density at radius 3 is 2.89 bits per heavy atom. The minimum absolute atomic E-state index is 0.0637. The van der Waals surface area contributed by atoms with E-state index in [0.29, 0.717) is 11.4 Å². The molecule has 1 rings (SSSR count). The summed E-state index contributed by atoms with van der Waals surface area (Å²) >= 11 is 0. The van der Waals surface area contributed by atoms with Crippen molar-refractivity contribution in [3.8, 4) is 5.75 Å². The lowest BCUT2D eigenvalue weighted by molar-refractivity contribution is -0.123. The molecule has 5 heteroatoms. The molecule has 1 atom stereocenters. The lowest BCUT2D eigenvalue weighted by Crippen LogP contribution is -2.36. The van der Waals surface area contributed by atoms with Crippen molar-refractivity contribution in [1.82, 2.24) is 10.3 Å². The van der Waals surface area contributed by atoms with Crippen LogP contribution in [0.25, 0.3) is 0 Å². The number of aromatic nitrogens is 1. The van der Waals surface area contributed by atoms with Crippen molar-refractivity contribution in [2.45, 2.75) is 46.3 Å². The van der Waals surface area contributed by atoms with E-state index < -0.39 is 0 Å². The van der Waals surface area contributed by atoms with Crippen LogP contribution in [0.5, 0.6) is 5.75 Å². The van der Waals surface area contributed by atoms with E-state index in [0.717, 1.165) is 18.5 Å². The number of hydrogen-bond acceptors (Lipinski definition) is 4. The Bertz CT molecular complexity index is 421. The molecule has 0 aliphatic carbocycles. The van der Waals surface area contributed by atoms with Gasteiger partial charge in [0, 0.05) is 11.7 Å². The molecule has 0 radical (unpaired) electrons. The van der Waals surface area contributed by atoms with Crippen LogP contribution in [0.1, 0.15) is 38.1 Å². The molecule has 0 aliphatic rings. The molecule has 1 aromatic heterocycles. The number of nitrogens with one attached hydrogen (secondary N) is 1. The zero-order valence-corrected chi connectivity index (χ0v) is 11.8. The number of ether oxygens (including phenoxy) is 1. The highest BCUT2D eigenvalue weighted by atomic mass is 16.5. The molecule has 19 heavy (non-hydrogen) atoms. The Hall–Kier alpha value is -1.62. The molecule has 1 aromatic rings. The van der Waals surface area contributed by atoms with Crippen LogP contribution in [0.4, 0.5) is 0 Å². The van der Waals surface area contributed by atoms with E-state index in [4.69, 9.17) is 4.74 Å². The number of aryl methyl sites for hydroxylation is 1. The standard InChI is InChI=1S/C14H22N2O3/c1-4-5-10(2)16-14(18)9-19-13-7-6-11(3)15-12(13)8-17/h6-7,10,17H,4-5,8-9H2,1-3H3,(H,16,18). The third-order valence-corrected chi connectivity index (χ3v) is 2.71. The molecule has 106 valence electrons. The maximum atomic E-state index is 11.6. The predicted molar refractivity (Wildman–Crippen MR) is 72.9 cm³/mol. The Morgan fingerprint density at radius 1 is 1.53 bits per heavy atom. The summed E-state index contributed by atoms with van der Waals surface area (Å²) in [6.07, 6.45) is 1.97. The molecule has 0 spiro atoms. The van der Waals surface area contributed by atoms with Crippen LogP contribution < -0.4 is 10.1 Å². The van der Waals surface area contributed by atoms with Crippen LogP contribution >= 0.6 is 0 Å². The second kappa shape index (κ2) is 7.74. The zero-order valence-electron chi connectivity index (χ0n) is 11.8. The van der Waals surface area contributed by atoms with E-state index in [9.17, 15) is 9.90 Å². The highest BCUT2D eigenvalue weighted by Gasteiger charge is 2.10. The van der Waals surface area contributed by atoms with E-state index in [1.54, 1.807) is 12.1 Å². The predicted octanol–water partition coefficient (Wildman–Crippen LogP) is 1.57.